The summed E-state index contributed by atoms with van der Waals surface area (Å²) in [7, 11) is 0. The number of hydrogen-bond acceptors (Lipinski definition) is 4. The van der Waals surface area contributed by atoms with Gasteiger partial charge in [0.05, 0.1) is 5.69 Å². The van der Waals surface area contributed by atoms with Crippen molar-refractivity contribution in [3.8, 4) is 0 Å². The molecule has 2 N–H and O–H groups in total. The van der Waals surface area contributed by atoms with E-state index in [4.69, 9.17) is 10.2 Å². The molecule has 0 aliphatic carbocycles. The molecule has 1 unspecified atom stereocenters. The highest BCUT2D eigenvalue weighted by atomic mass is 16.3. The third kappa shape index (κ3) is 5.77. The molecule has 7 nitrogen and oxygen atoms in total. The smallest absolute Gasteiger partial charge is 0.289 e. The highest BCUT2D eigenvalue weighted by Gasteiger charge is 2.28. The first-order valence-corrected chi connectivity index (χ1v) is 9.69. The number of nitrogens with two attached hydrogens (primary N) is 1. The minimum absolute atomic E-state index is 0.0276. The fourth-order valence-electron chi connectivity index (χ4n) is 3.01. The standard InChI is InChI=1S/C19H23N5O2.C2H6/c1-13-5-3-7-16(11-13)21-23-22-18(20)15-6-4-10-24(12-15)19(25)17-9-8-14(2)26-17;1-2/h3,5,7-9,11,15H,4,6,10,12H2,1-2H3,(H2,20,21,22);1-2H3. The molecule has 1 aromatic carbocycles. The highest BCUT2D eigenvalue weighted by Crippen LogP contribution is 2.20. The highest BCUT2D eigenvalue weighted by molar-refractivity contribution is 5.92. The molecule has 1 aliphatic heterocycles. The number of benzene rings is 1. The van der Waals surface area contributed by atoms with Gasteiger partial charge < -0.3 is 15.1 Å². The number of carbonyl (C=O) groups excluding carboxylic acids is 1. The van der Waals surface area contributed by atoms with Crippen LogP contribution in [0.25, 0.3) is 0 Å². The van der Waals surface area contributed by atoms with Gasteiger partial charge in [-0.15, -0.1) is 10.2 Å². The Hall–Kier alpha value is -2.96. The Labute approximate surface area is 166 Å². The quantitative estimate of drug-likeness (QED) is 0.354. The summed E-state index contributed by atoms with van der Waals surface area (Å²) in [6, 6.07) is 11.2. The Balaban J connectivity index is 0.00000136. The monoisotopic (exact) mass is 383 g/mol. The van der Waals surface area contributed by atoms with Crippen molar-refractivity contribution >= 4 is 17.4 Å². The topological polar surface area (TPSA) is 96.5 Å². The molecule has 0 radical (unpaired) electrons. The van der Waals surface area contributed by atoms with E-state index in [0.717, 1.165) is 29.9 Å². The van der Waals surface area contributed by atoms with Crippen molar-refractivity contribution in [2.24, 2.45) is 27.1 Å². The average molecular weight is 383 g/mol. The van der Waals surface area contributed by atoms with E-state index in [1.807, 2.05) is 52.0 Å². The van der Waals surface area contributed by atoms with Gasteiger partial charge in [-0.2, -0.15) is 0 Å². The van der Waals surface area contributed by atoms with E-state index in [0.29, 0.717) is 24.7 Å². The maximum absolute atomic E-state index is 12.5. The summed E-state index contributed by atoms with van der Waals surface area (Å²) < 4.78 is 5.43. The Morgan fingerprint density at radius 2 is 2.00 bits per heavy atom. The number of aryl methyl sites for hydroxylation is 2. The Bertz CT molecular complexity index is 841. The maximum Gasteiger partial charge on any atom is 0.289 e. The molecule has 1 amide bonds. The Morgan fingerprint density at radius 3 is 2.68 bits per heavy atom. The number of furan rings is 1. The van der Waals surface area contributed by atoms with Gasteiger partial charge in [0.2, 0.25) is 0 Å². The summed E-state index contributed by atoms with van der Waals surface area (Å²) in [5, 5.41) is 12.0. The molecule has 28 heavy (non-hydrogen) atoms. The van der Waals surface area contributed by atoms with Crippen LogP contribution in [0.5, 0.6) is 0 Å². The lowest BCUT2D eigenvalue weighted by molar-refractivity contribution is 0.0669. The van der Waals surface area contributed by atoms with Crippen LogP contribution in [-0.4, -0.2) is 29.7 Å². The van der Waals surface area contributed by atoms with Gasteiger partial charge in [0.25, 0.3) is 5.91 Å². The van der Waals surface area contributed by atoms with Crippen LogP contribution in [0.4, 0.5) is 5.69 Å². The fourth-order valence-corrected chi connectivity index (χ4v) is 3.01. The number of rotatable bonds is 4. The molecule has 1 atom stereocenters. The predicted molar refractivity (Wildman–Crippen MR) is 111 cm³/mol. The van der Waals surface area contributed by atoms with E-state index in [1.165, 1.54) is 0 Å². The molecule has 0 bridgehead atoms. The van der Waals surface area contributed by atoms with E-state index in [9.17, 15) is 4.79 Å². The predicted octanol–water partition coefficient (Wildman–Crippen LogP) is 4.83. The van der Waals surface area contributed by atoms with E-state index >= 15 is 0 Å². The second-order valence-corrected chi connectivity index (χ2v) is 6.55. The molecule has 1 fully saturated rings. The number of amides is 1. The zero-order valence-corrected chi connectivity index (χ0v) is 17.1. The van der Waals surface area contributed by atoms with E-state index in [2.05, 4.69) is 15.4 Å². The van der Waals surface area contributed by atoms with Gasteiger partial charge in [-0.05, 0) is 61.7 Å². The molecular formula is C21H29N5O2. The number of nitrogens with zero attached hydrogens (tertiary/aromatic N) is 4. The van der Waals surface area contributed by atoms with Gasteiger partial charge >= 0.3 is 0 Å². The fraction of sp³-hybridized carbons (Fsp3) is 0.429. The van der Waals surface area contributed by atoms with Crippen molar-refractivity contribution in [1.29, 1.82) is 0 Å². The zero-order chi connectivity index (χ0) is 20.5. The average Bonchev–Trinajstić information content (AvgIpc) is 3.15. The molecule has 1 saturated heterocycles. The maximum atomic E-state index is 12.5. The summed E-state index contributed by atoms with van der Waals surface area (Å²) in [6.07, 6.45) is 1.73. The minimum atomic E-state index is -0.114. The third-order valence-corrected chi connectivity index (χ3v) is 4.40. The largest absolute Gasteiger partial charge is 0.456 e. The SMILES string of the molecule is CC.Cc1cccc(N=N/N=C(\N)C2CCCN(C(=O)c3ccc(C)o3)C2)c1. The van der Waals surface area contributed by atoms with Gasteiger partial charge in [-0.3, -0.25) is 4.79 Å². The van der Waals surface area contributed by atoms with Crippen LogP contribution in [0, 0.1) is 19.8 Å². The van der Waals surface area contributed by atoms with Crippen molar-refractivity contribution in [3.63, 3.8) is 0 Å². The summed E-state index contributed by atoms with van der Waals surface area (Å²) in [4.78, 5) is 14.3. The number of carbonyl (C=O) groups is 1. The second-order valence-electron chi connectivity index (χ2n) is 6.55. The number of amidine groups is 1. The van der Waals surface area contributed by atoms with Crippen LogP contribution < -0.4 is 5.73 Å². The summed E-state index contributed by atoms with van der Waals surface area (Å²) in [5.74, 6) is 1.34. The van der Waals surface area contributed by atoms with E-state index in [-0.39, 0.29) is 11.8 Å². The van der Waals surface area contributed by atoms with Crippen LogP contribution >= 0.6 is 0 Å². The lowest BCUT2D eigenvalue weighted by Gasteiger charge is -2.31. The first kappa shape index (κ1) is 21.3. The molecule has 0 saturated carbocycles. The van der Waals surface area contributed by atoms with Crippen molar-refractivity contribution < 1.29 is 9.21 Å². The molecule has 1 aliphatic rings. The molecule has 2 heterocycles. The molecule has 0 spiro atoms. The van der Waals surface area contributed by atoms with Gasteiger partial charge in [-0.25, -0.2) is 0 Å². The van der Waals surface area contributed by atoms with Crippen LogP contribution in [0.3, 0.4) is 0 Å². The van der Waals surface area contributed by atoms with Crippen molar-refractivity contribution in [2.75, 3.05) is 13.1 Å². The normalized spacial score (nSPS) is 17.4. The Kier molecular flexibility index (Phi) is 7.92. The van der Waals surface area contributed by atoms with Gasteiger partial charge in [0, 0.05) is 19.0 Å². The molecular weight excluding hydrogens is 354 g/mol. The van der Waals surface area contributed by atoms with Crippen LogP contribution in [0.2, 0.25) is 0 Å². The van der Waals surface area contributed by atoms with Crippen molar-refractivity contribution in [1.82, 2.24) is 4.90 Å². The second kappa shape index (κ2) is 10.4. The minimum Gasteiger partial charge on any atom is -0.456 e. The van der Waals surface area contributed by atoms with Crippen LogP contribution in [0.15, 0.2) is 56.3 Å². The third-order valence-electron chi connectivity index (χ3n) is 4.40. The molecule has 150 valence electrons. The first-order chi connectivity index (χ1) is 13.5. The Morgan fingerprint density at radius 1 is 1.21 bits per heavy atom. The van der Waals surface area contributed by atoms with E-state index < -0.39 is 0 Å². The number of likely N-dealkylation sites (tertiary alicyclic amines) is 1. The number of piperidine rings is 1. The number of hydrogen-bond donors (Lipinski definition) is 1. The summed E-state index contributed by atoms with van der Waals surface area (Å²) in [5.41, 5.74) is 7.92. The first-order valence-electron chi connectivity index (χ1n) is 9.69. The van der Waals surface area contributed by atoms with E-state index in [1.54, 1.807) is 17.0 Å². The lowest BCUT2D eigenvalue weighted by Crippen LogP contribution is -2.44. The zero-order valence-electron chi connectivity index (χ0n) is 17.1. The summed E-state index contributed by atoms with van der Waals surface area (Å²) >= 11 is 0. The lowest BCUT2D eigenvalue weighted by atomic mass is 9.97. The molecule has 7 heteroatoms. The van der Waals surface area contributed by atoms with Gasteiger partial charge in [0.1, 0.15) is 11.6 Å². The van der Waals surface area contributed by atoms with Crippen molar-refractivity contribution in [3.05, 3.63) is 53.5 Å². The molecule has 2 aromatic rings. The molecule has 3 rings (SSSR count). The van der Waals surface area contributed by atoms with Crippen LogP contribution in [-0.2, 0) is 0 Å². The van der Waals surface area contributed by atoms with Gasteiger partial charge in [-0.1, -0.05) is 26.0 Å². The summed E-state index contributed by atoms with van der Waals surface area (Å²) in [6.45, 7) is 9.01. The van der Waals surface area contributed by atoms with Crippen LogP contribution in [0.1, 0.15) is 48.6 Å². The van der Waals surface area contributed by atoms with Crippen molar-refractivity contribution in [2.45, 2.75) is 40.5 Å². The van der Waals surface area contributed by atoms with Gasteiger partial charge in [0.15, 0.2) is 5.76 Å². The molecule has 1 aromatic heterocycles.